The summed E-state index contributed by atoms with van der Waals surface area (Å²) in [6, 6.07) is 7.51. The van der Waals surface area contributed by atoms with Crippen molar-refractivity contribution in [1.29, 1.82) is 0 Å². The van der Waals surface area contributed by atoms with Crippen LogP contribution in [0.4, 0.5) is 4.79 Å². The summed E-state index contributed by atoms with van der Waals surface area (Å²) >= 11 is 0. The van der Waals surface area contributed by atoms with Crippen molar-refractivity contribution in [1.82, 2.24) is 14.5 Å². The van der Waals surface area contributed by atoms with Gasteiger partial charge in [-0.25, -0.2) is 4.79 Å². The molecule has 1 amide bonds. The molecule has 1 unspecified atom stereocenters. The normalized spacial score (nSPS) is 13.4. The van der Waals surface area contributed by atoms with Crippen LogP contribution in [0.1, 0.15) is 47.0 Å². The number of hydrogen-bond donors (Lipinski definition) is 1. The fourth-order valence-electron chi connectivity index (χ4n) is 4.47. The van der Waals surface area contributed by atoms with Crippen molar-refractivity contribution in [2.45, 2.75) is 52.5 Å². The van der Waals surface area contributed by atoms with E-state index in [-0.39, 0.29) is 12.2 Å². The molecule has 0 radical (unpaired) electrons. The number of aromatic nitrogens is 2. The Labute approximate surface area is 188 Å². The van der Waals surface area contributed by atoms with Crippen molar-refractivity contribution in [2.24, 2.45) is 13.0 Å². The molecule has 0 aliphatic heterocycles. The molecule has 1 atom stereocenters. The number of rotatable bonds is 9. The number of amides is 1. The minimum Gasteiger partial charge on any atom is -0.491 e. The SMILES string of the molecule is CCCCN(C(=O)O)C(C)(COc1ccc2c3ccncc3c(=O)n(C)c2c1)CC(C)C. The molecular weight excluding hydrogens is 406 g/mol. The Morgan fingerprint density at radius 1 is 1.25 bits per heavy atom. The Hall–Kier alpha value is -3.09. The number of nitrogens with zero attached hydrogens (tertiary/aromatic N) is 3. The molecule has 2 heterocycles. The number of ether oxygens (including phenoxy) is 1. The monoisotopic (exact) mass is 439 g/mol. The van der Waals surface area contributed by atoms with Crippen molar-refractivity contribution in [2.75, 3.05) is 13.2 Å². The van der Waals surface area contributed by atoms with Gasteiger partial charge in [-0.05, 0) is 49.3 Å². The molecule has 0 aliphatic carbocycles. The van der Waals surface area contributed by atoms with Crippen molar-refractivity contribution in [3.63, 3.8) is 0 Å². The van der Waals surface area contributed by atoms with E-state index < -0.39 is 11.6 Å². The lowest BCUT2D eigenvalue weighted by Crippen LogP contribution is -2.54. The fourth-order valence-corrected chi connectivity index (χ4v) is 4.47. The smallest absolute Gasteiger partial charge is 0.407 e. The quantitative estimate of drug-likeness (QED) is 0.472. The molecule has 0 saturated heterocycles. The second-order valence-electron chi connectivity index (χ2n) is 9.14. The first-order valence-electron chi connectivity index (χ1n) is 11.2. The Bertz CT molecular complexity index is 1170. The summed E-state index contributed by atoms with van der Waals surface area (Å²) in [5.74, 6) is 0.918. The molecule has 7 heteroatoms. The predicted octanol–water partition coefficient (Wildman–Crippen LogP) is 5.05. The van der Waals surface area contributed by atoms with Crippen LogP contribution < -0.4 is 10.3 Å². The number of pyridine rings is 2. The third kappa shape index (κ3) is 4.71. The largest absolute Gasteiger partial charge is 0.491 e. The summed E-state index contributed by atoms with van der Waals surface area (Å²) in [5, 5.41) is 12.3. The molecular formula is C25H33N3O4. The van der Waals surface area contributed by atoms with Crippen LogP contribution in [-0.2, 0) is 7.05 Å². The third-order valence-corrected chi connectivity index (χ3v) is 5.99. The van der Waals surface area contributed by atoms with Crippen LogP contribution in [0.3, 0.4) is 0 Å². The summed E-state index contributed by atoms with van der Waals surface area (Å²) in [4.78, 5) is 30.4. The summed E-state index contributed by atoms with van der Waals surface area (Å²) in [7, 11) is 1.74. The highest BCUT2D eigenvalue weighted by atomic mass is 16.5. The average Bonchev–Trinajstić information content (AvgIpc) is 2.75. The summed E-state index contributed by atoms with van der Waals surface area (Å²) in [6.45, 7) is 8.89. The molecule has 1 N–H and O–H groups in total. The molecule has 0 saturated carbocycles. The Morgan fingerprint density at radius 2 is 2.00 bits per heavy atom. The van der Waals surface area contributed by atoms with Crippen LogP contribution in [0.2, 0.25) is 0 Å². The predicted molar refractivity (Wildman–Crippen MR) is 127 cm³/mol. The van der Waals surface area contributed by atoms with Gasteiger partial charge in [0.05, 0.1) is 16.4 Å². The molecule has 2 aromatic heterocycles. The molecule has 0 bridgehead atoms. The molecule has 0 aliphatic rings. The lowest BCUT2D eigenvalue weighted by molar-refractivity contribution is 0.0378. The van der Waals surface area contributed by atoms with Crippen LogP contribution in [0.5, 0.6) is 5.75 Å². The first kappa shape index (κ1) is 23.6. The van der Waals surface area contributed by atoms with Crippen LogP contribution in [-0.4, -0.2) is 44.3 Å². The van der Waals surface area contributed by atoms with E-state index >= 15 is 0 Å². The summed E-state index contributed by atoms with van der Waals surface area (Å²) < 4.78 is 7.77. The number of benzene rings is 1. The third-order valence-electron chi connectivity index (χ3n) is 5.99. The summed E-state index contributed by atoms with van der Waals surface area (Å²) in [5.41, 5.74) is -0.0118. The van der Waals surface area contributed by atoms with E-state index in [1.54, 1.807) is 24.0 Å². The maximum atomic E-state index is 12.8. The standard InChI is InChI=1S/C25H33N3O4/c1-6-7-12-28(24(30)31)25(4,14-17(2)3)16-32-18-8-9-20-19-10-11-26-15-21(19)23(29)27(5)22(20)13-18/h8-11,13,15,17H,6-7,12,14,16H2,1-5H3,(H,30,31). The minimum absolute atomic E-state index is 0.112. The van der Waals surface area contributed by atoms with Gasteiger partial charge in [-0.1, -0.05) is 27.2 Å². The highest BCUT2D eigenvalue weighted by molar-refractivity contribution is 6.05. The lowest BCUT2D eigenvalue weighted by Gasteiger charge is -2.40. The first-order valence-corrected chi connectivity index (χ1v) is 11.2. The highest BCUT2D eigenvalue weighted by Gasteiger charge is 2.36. The van der Waals surface area contributed by atoms with Crippen molar-refractivity contribution in [3.8, 4) is 5.75 Å². The fraction of sp³-hybridized carbons (Fsp3) is 0.480. The van der Waals surface area contributed by atoms with Gasteiger partial charge in [0.15, 0.2) is 0 Å². The zero-order valence-corrected chi connectivity index (χ0v) is 19.6. The van der Waals surface area contributed by atoms with E-state index in [2.05, 4.69) is 25.8 Å². The molecule has 32 heavy (non-hydrogen) atoms. The van der Waals surface area contributed by atoms with E-state index in [9.17, 15) is 14.7 Å². The van der Waals surface area contributed by atoms with Gasteiger partial charge >= 0.3 is 6.09 Å². The highest BCUT2D eigenvalue weighted by Crippen LogP contribution is 2.29. The van der Waals surface area contributed by atoms with Crippen LogP contribution in [0.15, 0.2) is 41.5 Å². The maximum absolute atomic E-state index is 12.8. The van der Waals surface area contributed by atoms with Gasteiger partial charge in [-0.2, -0.15) is 0 Å². The number of aryl methyl sites for hydroxylation is 1. The molecule has 3 aromatic rings. The number of carbonyl (C=O) groups is 1. The number of fused-ring (bicyclic) bond motifs is 3. The van der Waals surface area contributed by atoms with E-state index in [0.29, 0.717) is 30.0 Å². The number of carboxylic acid groups (broad SMARTS) is 1. The van der Waals surface area contributed by atoms with Crippen molar-refractivity contribution < 1.29 is 14.6 Å². The van der Waals surface area contributed by atoms with Crippen molar-refractivity contribution >= 4 is 27.8 Å². The van der Waals surface area contributed by atoms with Crippen molar-refractivity contribution in [3.05, 3.63) is 47.0 Å². The first-order chi connectivity index (χ1) is 15.2. The molecule has 1 aromatic carbocycles. The topological polar surface area (TPSA) is 84.7 Å². The average molecular weight is 440 g/mol. The van der Waals surface area contributed by atoms with Gasteiger partial charge in [-0.15, -0.1) is 0 Å². The van der Waals surface area contributed by atoms with Crippen LogP contribution >= 0.6 is 0 Å². The van der Waals surface area contributed by atoms with E-state index in [1.807, 2.05) is 31.2 Å². The van der Waals surface area contributed by atoms with Gasteiger partial charge in [0.25, 0.3) is 5.56 Å². The second kappa shape index (κ2) is 9.59. The molecule has 172 valence electrons. The molecule has 3 rings (SSSR count). The zero-order valence-electron chi connectivity index (χ0n) is 19.6. The lowest BCUT2D eigenvalue weighted by atomic mass is 9.89. The molecule has 0 fully saturated rings. The minimum atomic E-state index is -0.925. The van der Waals surface area contributed by atoms with E-state index in [1.165, 1.54) is 4.90 Å². The van der Waals surface area contributed by atoms with E-state index in [4.69, 9.17) is 4.74 Å². The number of unbranched alkanes of at least 4 members (excludes halogenated alkanes) is 1. The Balaban J connectivity index is 1.96. The van der Waals surface area contributed by atoms with Crippen LogP contribution in [0.25, 0.3) is 21.7 Å². The Morgan fingerprint density at radius 3 is 2.66 bits per heavy atom. The maximum Gasteiger partial charge on any atom is 0.407 e. The van der Waals surface area contributed by atoms with Gasteiger partial charge in [0.1, 0.15) is 12.4 Å². The second-order valence-corrected chi connectivity index (χ2v) is 9.14. The van der Waals surface area contributed by atoms with Crippen LogP contribution in [0, 0.1) is 5.92 Å². The van der Waals surface area contributed by atoms with Gasteiger partial charge in [0, 0.05) is 37.4 Å². The zero-order chi connectivity index (χ0) is 23.5. The molecule has 0 spiro atoms. The number of hydrogen-bond acceptors (Lipinski definition) is 4. The van der Waals surface area contributed by atoms with Gasteiger partial charge in [-0.3, -0.25) is 14.7 Å². The van der Waals surface area contributed by atoms with Gasteiger partial charge in [0.2, 0.25) is 0 Å². The summed E-state index contributed by atoms with van der Waals surface area (Å²) in [6.07, 6.45) is 4.76. The Kier molecular flexibility index (Phi) is 7.06. The molecule has 7 nitrogen and oxygen atoms in total. The van der Waals surface area contributed by atoms with E-state index in [0.717, 1.165) is 29.1 Å². The van der Waals surface area contributed by atoms with Gasteiger partial charge < -0.3 is 14.4 Å².